The van der Waals surface area contributed by atoms with Crippen LogP contribution in [0.5, 0.6) is 11.5 Å². The lowest BCUT2D eigenvalue weighted by Gasteiger charge is -2.13. The van der Waals surface area contributed by atoms with E-state index in [1.165, 1.54) is 10.3 Å². The highest BCUT2D eigenvalue weighted by Gasteiger charge is 2.35. The Labute approximate surface area is 208 Å². The fourth-order valence-corrected chi connectivity index (χ4v) is 4.68. The molecule has 1 aliphatic rings. The lowest BCUT2D eigenvalue weighted by molar-refractivity contribution is -0.123. The summed E-state index contributed by atoms with van der Waals surface area (Å²) < 4.78 is 11.7. The summed E-state index contributed by atoms with van der Waals surface area (Å²) in [6.07, 6.45) is 1.72. The first-order chi connectivity index (χ1) is 17.2. The maximum atomic E-state index is 12.9. The molecular formula is C29H23NO4S. The number of nitrogens with zero attached hydrogens (tertiary/aromatic N) is 1. The number of amides is 2. The van der Waals surface area contributed by atoms with Crippen LogP contribution in [0.4, 0.5) is 4.79 Å². The van der Waals surface area contributed by atoms with Crippen LogP contribution in [0.2, 0.25) is 0 Å². The van der Waals surface area contributed by atoms with E-state index in [9.17, 15) is 9.59 Å². The molecule has 0 unspecified atom stereocenters. The van der Waals surface area contributed by atoms with E-state index in [2.05, 4.69) is 24.3 Å². The van der Waals surface area contributed by atoms with Gasteiger partial charge < -0.3 is 9.47 Å². The smallest absolute Gasteiger partial charge is 0.293 e. The van der Waals surface area contributed by atoms with Gasteiger partial charge in [-0.05, 0) is 58.4 Å². The Kier molecular flexibility index (Phi) is 6.82. The Morgan fingerprint density at radius 3 is 2.37 bits per heavy atom. The van der Waals surface area contributed by atoms with Gasteiger partial charge in [-0.25, -0.2) is 0 Å². The zero-order valence-corrected chi connectivity index (χ0v) is 19.7. The molecule has 1 saturated heterocycles. The molecule has 5 rings (SSSR count). The third-order valence-corrected chi connectivity index (χ3v) is 6.52. The maximum absolute atomic E-state index is 12.9. The van der Waals surface area contributed by atoms with Crippen molar-refractivity contribution in [1.82, 2.24) is 4.90 Å². The SMILES string of the molecule is O=C1S/C(=C\c2ccccc2OCc2ccc3ccccc3c2)C(=O)N1CCOc1ccccc1. The van der Waals surface area contributed by atoms with Crippen LogP contribution in [0.3, 0.4) is 0 Å². The molecule has 0 spiro atoms. The van der Waals surface area contributed by atoms with Crippen LogP contribution in [-0.2, 0) is 11.4 Å². The highest BCUT2D eigenvalue weighted by Crippen LogP contribution is 2.34. The second-order valence-electron chi connectivity index (χ2n) is 8.00. The van der Waals surface area contributed by atoms with Crippen molar-refractivity contribution in [3.05, 3.63) is 113 Å². The molecular weight excluding hydrogens is 458 g/mol. The summed E-state index contributed by atoms with van der Waals surface area (Å²) in [6.45, 7) is 0.825. The summed E-state index contributed by atoms with van der Waals surface area (Å²) in [6, 6.07) is 31.3. The predicted molar refractivity (Wildman–Crippen MR) is 139 cm³/mol. The normalized spacial score (nSPS) is 14.6. The number of para-hydroxylation sites is 2. The summed E-state index contributed by atoms with van der Waals surface area (Å²) in [4.78, 5) is 27.0. The number of imide groups is 1. The van der Waals surface area contributed by atoms with Crippen LogP contribution < -0.4 is 9.47 Å². The highest BCUT2D eigenvalue weighted by atomic mass is 32.2. The van der Waals surface area contributed by atoms with Crippen LogP contribution in [0.25, 0.3) is 16.8 Å². The molecule has 1 heterocycles. The van der Waals surface area contributed by atoms with Crippen molar-refractivity contribution in [3.63, 3.8) is 0 Å². The minimum atomic E-state index is -0.319. The van der Waals surface area contributed by atoms with Gasteiger partial charge >= 0.3 is 0 Å². The Bertz CT molecular complexity index is 1400. The molecule has 0 bridgehead atoms. The number of benzene rings is 4. The van der Waals surface area contributed by atoms with Gasteiger partial charge in [0.2, 0.25) is 0 Å². The molecule has 0 saturated carbocycles. The standard InChI is InChI=1S/C29H23NO4S/c31-28-27(35-29(32)30(28)16-17-33-25-11-2-1-3-12-25)19-24-10-6-7-13-26(24)34-20-21-14-15-22-8-4-5-9-23(22)18-21/h1-15,18-19H,16-17,20H2/b27-19-. The van der Waals surface area contributed by atoms with Gasteiger partial charge in [0.05, 0.1) is 11.4 Å². The van der Waals surface area contributed by atoms with E-state index in [4.69, 9.17) is 9.47 Å². The molecule has 1 aliphatic heterocycles. The number of ether oxygens (including phenoxy) is 2. The minimum Gasteiger partial charge on any atom is -0.492 e. The second-order valence-corrected chi connectivity index (χ2v) is 9.00. The molecule has 0 atom stereocenters. The fraction of sp³-hybridized carbons (Fsp3) is 0.103. The second kappa shape index (κ2) is 10.5. The molecule has 1 fully saturated rings. The molecule has 0 aliphatic carbocycles. The monoisotopic (exact) mass is 481 g/mol. The van der Waals surface area contributed by atoms with Gasteiger partial charge in [0, 0.05) is 5.56 Å². The van der Waals surface area contributed by atoms with E-state index < -0.39 is 0 Å². The van der Waals surface area contributed by atoms with Gasteiger partial charge in [0.1, 0.15) is 24.7 Å². The first kappa shape index (κ1) is 22.7. The number of hydrogen-bond acceptors (Lipinski definition) is 5. The maximum Gasteiger partial charge on any atom is 0.293 e. The van der Waals surface area contributed by atoms with Gasteiger partial charge in [0.15, 0.2) is 0 Å². The van der Waals surface area contributed by atoms with E-state index in [0.29, 0.717) is 23.0 Å². The third kappa shape index (κ3) is 5.39. The Hall–Kier alpha value is -4.03. The van der Waals surface area contributed by atoms with Gasteiger partial charge in [-0.15, -0.1) is 0 Å². The van der Waals surface area contributed by atoms with E-state index >= 15 is 0 Å². The molecule has 4 aromatic carbocycles. The predicted octanol–water partition coefficient (Wildman–Crippen LogP) is 6.53. The van der Waals surface area contributed by atoms with Crippen LogP contribution in [0.15, 0.2) is 102 Å². The van der Waals surface area contributed by atoms with Crippen molar-refractivity contribution >= 4 is 39.8 Å². The first-order valence-corrected chi connectivity index (χ1v) is 12.1. The number of fused-ring (bicyclic) bond motifs is 1. The topological polar surface area (TPSA) is 55.8 Å². The van der Waals surface area contributed by atoms with Crippen LogP contribution >= 0.6 is 11.8 Å². The molecule has 4 aromatic rings. The number of thioether (sulfide) groups is 1. The molecule has 0 N–H and O–H groups in total. The largest absolute Gasteiger partial charge is 0.492 e. The van der Waals surface area contributed by atoms with Crippen molar-refractivity contribution in [3.8, 4) is 11.5 Å². The lowest BCUT2D eigenvalue weighted by atomic mass is 10.1. The van der Waals surface area contributed by atoms with Crippen molar-refractivity contribution < 1.29 is 19.1 Å². The number of rotatable bonds is 8. The fourth-order valence-electron chi connectivity index (χ4n) is 3.83. The molecule has 2 amide bonds. The molecule has 0 radical (unpaired) electrons. The summed E-state index contributed by atoms with van der Waals surface area (Å²) in [5, 5.41) is 2.04. The van der Waals surface area contributed by atoms with E-state index in [1.807, 2.05) is 72.8 Å². The molecule has 0 aromatic heterocycles. The Morgan fingerprint density at radius 2 is 1.51 bits per heavy atom. The zero-order valence-electron chi connectivity index (χ0n) is 18.9. The number of carbonyl (C=O) groups is 2. The average molecular weight is 482 g/mol. The average Bonchev–Trinajstić information content (AvgIpc) is 3.16. The zero-order chi connectivity index (χ0) is 24.0. The van der Waals surface area contributed by atoms with Gasteiger partial charge in [-0.1, -0.05) is 72.8 Å². The van der Waals surface area contributed by atoms with Crippen molar-refractivity contribution in [1.29, 1.82) is 0 Å². The highest BCUT2D eigenvalue weighted by molar-refractivity contribution is 8.18. The summed E-state index contributed by atoms with van der Waals surface area (Å²) in [5.41, 5.74) is 1.80. The van der Waals surface area contributed by atoms with Crippen LogP contribution in [0, 0.1) is 0 Å². The van der Waals surface area contributed by atoms with Crippen LogP contribution in [0.1, 0.15) is 11.1 Å². The quantitative estimate of drug-likeness (QED) is 0.268. The summed E-state index contributed by atoms with van der Waals surface area (Å²) in [5.74, 6) is 1.04. The van der Waals surface area contributed by atoms with E-state index in [1.54, 1.807) is 6.08 Å². The molecule has 6 heteroatoms. The molecule has 5 nitrogen and oxygen atoms in total. The van der Waals surface area contributed by atoms with E-state index in [0.717, 1.165) is 28.3 Å². The minimum absolute atomic E-state index is 0.191. The van der Waals surface area contributed by atoms with Crippen molar-refractivity contribution in [2.75, 3.05) is 13.2 Å². The third-order valence-electron chi connectivity index (χ3n) is 5.61. The molecule has 35 heavy (non-hydrogen) atoms. The van der Waals surface area contributed by atoms with Gasteiger partial charge in [-0.2, -0.15) is 0 Å². The summed E-state index contributed by atoms with van der Waals surface area (Å²) >= 11 is 0.935. The summed E-state index contributed by atoms with van der Waals surface area (Å²) in [7, 11) is 0. The Morgan fingerprint density at radius 1 is 0.771 bits per heavy atom. The van der Waals surface area contributed by atoms with Crippen molar-refractivity contribution in [2.45, 2.75) is 6.61 Å². The lowest BCUT2D eigenvalue weighted by Crippen LogP contribution is -2.32. The Balaban J connectivity index is 1.26. The van der Waals surface area contributed by atoms with Gasteiger partial charge in [0.25, 0.3) is 11.1 Å². The van der Waals surface area contributed by atoms with E-state index in [-0.39, 0.29) is 24.3 Å². The van der Waals surface area contributed by atoms with Crippen molar-refractivity contribution in [2.24, 2.45) is 0 Å². The first-order valence-electron chi connectivity index (χ1n) is 11.3. The number of carbonyl (C=O) groups excluding carboxylic acids is 2. The number of hydrogen-bond donors (Lipinski definition) is 0. The van der Waals surface area contributed by atoms with Gasteiger partial charge in [-0.3, -0.25) is 14.5 Å². The molecule has 174 valence electrons. The van der Waals surface area contributed by atoms with Crippen LogP contribution in [-0.4, -0.2) is 29.2 Å².